The second-order valence-corrected chi connectivity index (χ2v) is 5.07. The van der Waals surface area contributed by atoms with Gasteiger partial charge in [0.25, 0.3) is 0 Å². The zero-order valence-electron chi connectivity index (χ0n) is 11.0. The summed E-state index contributed by atoms with van der Waals surface area (Å²) in [5.74, 6) is 2.13. The van der Waals surface area contributed by atoms with Crippen molar-refractivity contribution in [3.05, 3.63) is 47.5 Å². The molecule has 20 heavy (non-hydrogen) atoms. The molecule has 0 aliphatic carbocycles. The fourth-order valence-corrected chi connectivity index (χ4v) is 2.91. The van der Waals surface area contributed by atoms with Gasteiger partial charge in [0.2, 0.25) is 0 Å². The first-order valence-corrected chi connectivity index (χ1v) is 6.58. The van der Waals surface area contributed by atoms with Crippen molar-refractivity contribution in [2.75, 3.05) is 7.11 Å². The standard InChI is InChI=1S/C16H14O4/c1-18-14-6-9-7-15-16(20-13(9)8-11(14)17)10-4-2-3-5-12(10)19-15/h2-6,8,15-17H,7H2,1H3/t15-,16-/m1/s1. The molecule has 0 aromatic heterocycles. The van der Waals surface area contributed by atoms with Crippen LogP contribution in [-0.4, -0.2) is 18.3 Å². The molecular formula is C16H14O4. The SMILES string of the molecule is COc1cc2c(cc1O)O[C@@H]1c3ccccc3O[C@@H]1C2. The average Bonchev–Trinajstić information content (AvgIpc) is 2.82. The van der Waals surface area contributed by atoms with Gasteiger partial charge in [0, 0.05) is 23.6 Å². The number of hydrogen-bond donors (Lipinski definition) is 1. The third kappa shape index (κ3) is 1.54. The van der Waals surface area contributed by atoms with E-state index in [1.807, 2.05) is 30.3 Å². The van der Waals surface area contributed by atoms with Crippen LogP contribution in [0.3, 0.4) is 0 Å². The highest BCUT2D eigenvalue weighted by Crippen LogP contribution is 2.47. The molecule has 102 valence electrons. The van der Waals surface area contributed by atoms with E-state index in [4.69, 9.17) is 14.2 Å². The third-order valence-electron chi connectivity index (χ3n) is 3.88. The summed E-state index contributed by atoms with van der Waals surface area (Å²) in [7, 11) is 1.54. The molecule has 2 aromatic carbocycles. The lowest BCUT2D eigenvalue weighted by molar-refractivity contribution is 0.0689. The predicted molar refractivity (Wildman–Crippen MR) is 72.6 cm³/mol. The number of phenolic OH excluding ortho intramolecular Hbond substituents is 1. The van der Waals surface area contributed by atoms with Crippen molar-refractivity contribution in [2.45, 2.75) is 18.6 Å². The van der Waals surface area contributed by atoms with E-state index in [1.54, 1.807) is 6.07 Å². The number of rotatable bonds is 1. The van der Waals surface area contributed by atoms with Gasteiger partial charge in [0.1, 0.15) is 17.6 Å². The van der Waals surface area contributed by atoms with Gasteiger partial charge in [-0.1, -0.05) is 18.2 Å². The van der Waals surface area contributed by atoms with Crippen LogP contribution in [0.1, 0.15) is 17.2 Å². The van der Waals surface area contributed by atoms with Crippen LogP contribution in [0.4, 0.5) is 0 Å². The Morgan fingerprint density at radius 3 is 2.85 bits per heavy atom. The summed E-state index contributed by atoms with van der Waals surface area (Å²) < 4.78 is 17.1. The summed E-state index contributed by atoms with van der Waals surface area (Å²) in [6.45, 7) is 0. The molecule has 1 N–H and O–H groups in total. The lowest BCUT2D eigenvalue weighted by Crippen LogP contribution is -2.30. The fraction of sp³-hybridized carbons (Fsp3) is 0.250. The number of benzene rings is 2. The van der Waals surface area contributed by atoms with Crippen molar-refractivity contribution < 1.29 is 19.3 Å². The van der Waals surface area contributed by atoms with Gasteiger partial charge in [-0.05, 0) is 12.1 Å². The Morgan fingerprint density at radius 1 is 1.15 bits per heavy atom. The molecule has 0 radical (unpaired) electrons. The Bertz CT molecular complexity index is 680. The number of phenols is 1. The van der Waals surface area contributed by atoms with Gasteiger partial charge in [0.05, 0.1) is 7.11 Å². The lowest BCUT2D eigenvalue weighted by Gasteiger charge is -2.28. The predicted octanol–water partition coefficient (Wildman–Crippen LogP) is 2.84. The fourth-order valence-electron chi connectivity index (χ4n) is 2.91. The molecule has 0 fully saturated rings. The zero-order valence-corrected chi connectivity index (χ0v) is 11.0. The van der Waals surface area contributed by atoms with E-state index in [0.717, 1.165) is 23.3 Å². The maximum Gasteiger partial charge on any atom is 0.164 e. The van der Waals surface area contributed by atoms with E-state index < -0.39 is 0 Å². The van der Waals surface area contributed by atoms with Crippen LogP contribution in [0.15, 0.2) is 36.4 Å². The second-order valence-electron chi connectivity index (χ2n) is 5.07. The summed E-state index contributed by atoms with van der Waals surface area (Å²) in [5.41, 5.74) is 2.06. The molecule has 0 spiro atoms. The number of para-hydroxylation sites is 1. The molecule has 0 saturated heterocycles. The van der Waals surface area contributed by atoms with Crippen molar-refractivity contribution in [1.82, 2.24) is 0 Å². The number of ether oxygens (including phenoxy) is 3. The van der Waals surface area contributed by atoms with Crippen LogP contribution in [0.2, 0.25) is 0 Å². The molecular weight excluding hydrogens is 256 g/mol. The van der Waals surface area contributed by atoms with E-state index in [2.05, 4.69) is 0 Å². The van der Waals surface area contributed by atoms with Crippen LogP contribution in [0.5, 0.6) is 23.0 Å². The topological polar surface area (TPSA) is 47.9 Å². The highest BCUT2D eigenvalue weighted by atomic mass is 16.6. The molecule has 2 aromatic rings. The molecule has 4 rings (SSSR count). The van der Waals surface area contributed by atoms with E-state index in [-0.39, 0.29) is 18.0 Å². The Morgan fingerprint density at radius 2 is 2.00 bits per heavy atom. The monoisotopic (exact) mass is 270 g/mol. The first kappa shape index (κ1) is 11.5. The third-order valence-corrected chi connectivity index (χ3v) is 3.88. The van der Waals surface area contributed by atoms with Crippen molar-refractivity contribution in [3.8, 4) is 23.0 Å². The van der Waals surface area contributed by atoms with Crippen LogP contribution in [0.25, 0.3) is 0 Å². The molecule has 2 heterocycles. The molecule has 0 saturated carbocycles. The van der Waals surface area contributed by atoms with Gasteiger partial charge in [0.15, 0.2) is 17.6 Å². The molecule has 0 amide bonds. The number of methoxy groups -OCH3 is 1. The summed E-state index contributed by atoms with van der Waals surface area (Å²) in [4.78, 5) is 0. The van der Waals surface area contributed by atoms with Crippen LogP contribution >= 0.6 is 0 Å². The van der Waals surface area contributed by atoms with E-state index in [0.29, 0.717) is 11.5 Å². The van der Waals surface area contributed by atoms with Gasteiger partial charge in [-0.15, -0.1) is 0 Å². The minimum Gasteiger partial charge on any atom is -0.504 e. The van der Waals surface area contributed by atoms with Gasteiger partial charge in [-0.25, -0.2) is 0 Å². The molecule has 0 unspecified atom stereocenters. The van der Waals surface area contributed by atoms with Crippen molar-refractivity contribution >= 4 is 0 Å². The van der Waals surface area contributed by atoms with Gasteiger partial charge in [-0.2, -0.15) is 0 Å². The van der Waals surface area contributed by atoms with Crippen LogP contribution in [0, 0.1) is 0 Å². The highest BCUT2D eigenvalue weighted by Gasteiger charge is 2.40. The minimum atomic E-state index is -0.105. The first-order valence-electron chi connectivity index (χ1n) is 6.58. The lowest BCUT2D eigenvalue weighted by atomic mass is 9.96. The largest absolute Gasteiger partial charge is 0.504 e. The van der Waals surface area contributed by atoms with Gasteiger partial charge < -0.3 is 19.3 Å². The van der Waals surface area contributed by atoms with Crippen molar-refractivity contribution in [2.24, 2.45) is 0 Å². The first-order chi connectivity index (χ1) is 9.76. The van der Waals surface area contributed by atoms with Crippen molar-refractivity contribution in [1.29, 1.82) is 0 Å². The summed E-state index contributed by atoms with van der Waals surface area (Å²) >= 11 is 0. The quantitative estimate of drug-likeness (QED) is 0.865. The average molecular weight is 270 g/mol. The Balaban J connectivity index is 1.76. The second kappa shape index (κ2) is 4.07. The Kier molecular flexibility index (Phi) is 2.33. The molecule has 2 atom stereocenters. The normalized spacial score (nSPS) is 22.1. The molecule has 4 nitrogen and oxygen atoms in total. The summed E-state index contributed by atoms with van der Waals surface area (Å²) in [6.07, 6.45) is 0.617. The molecule has 4 heteroatoms. The zero-order chi connectivity index (χ0) is 13.7. The summed E-state index contributed by atoms with van der Waals surface area (Å²) in [5, 5.41) is 9.87. The Labute approximate surface area is 116 Å². The minimum absolute atomic E-state index is 0.0193. The molecule has 2 aliphatic rings. The van der Waals surface area contributed by atoms with E-state index in [9.17, 15) is 5.11 Å². The highest BCUT2D eigenvalue weighted by molar-refractivity contribution is 5.53. The van der Waals surface area contributed by atoms with Crippen molar-refractivity contribution in [3.63, 3.8) is 0 Å². The summed E-state index contributed by atoms with van der Waals surface area (Å²) in [6, 6.07) is 11.3. The van der Waals surface area contributed by atoms with E-state index >= 15 is 0 Å². The molecule has 0 bridgehead atoms. The van der Waals surface area contributed by atoms with E-state index in [1.165, 1.54) is 7.11 Å². The van der Waals surface area contributed by atoms with Crippen LogP contribution in [-0.2, 0) is 6.42 Å². The Hall–Kier alpha value is -2.36. The maximum absolute atomic E-state index is 9.87. The number of aromatic hydroxyl groups is 1. The molecule has 2 aliphatic heterocycles. The smallest absolute Gasteiger partial charge is 0.164 e. The maximum atomic E-state index is 9.87. The van der Waals surface area contributed by atoms with Gasteiger partial charge >= 0.3 is 0 Å². The number of hydrogen-bond acceptors (Lipinski definition) is 4. The van der Waals surface area contributed by atoms with Gasteiger partial charge in [-0.3, -0.25) is 0 Å². The number of fused-ring (bicyclic) bond motifs is 4. The van der Waals surface area contributed by atoms with Crippen LogP contribution < -0.4 is 14.2 Å².